The van der Waals surface area contributed by atoms with Crippen LogP contribution >= 0.6 is 0 Å². The molecule has 0 spiro atoms. The average molecular weight is 439 g/mol. The van der Waals surface area contributed by atoms with Gasteiger partial charge >= 0.3 is 0 Å². The molecule has 6 heteroatoms. The molecule has 0 fully saturated rings. The number of nitrogens with one attached hydrogen (secondary N) is 2. The monoisotopic (exact) mass is 438 g/mol. The van der Waals surface area contributed by atoms with Gasteiger partial charge < -0.3 is 10.6 Å². The highest BCUT2D eigenvalue weighted by atomic mass is 16.2. The predicted octanol–water partition coefficient (Wildman–Crippen LogP) is 5.90. The number of hydrogen-bond donors (Lipinski definition) is 2. The third-order valence-corrected chi connectivity index (χ3v) is 5.41. The van der Waals surface area contributed by atoms with Crippen LogP contribution in [0.4, 0.5) is 11.4 Å². The molecule has 1 heterocycles. The summed E-state index contributed by atoms with van der Waals surface area (Å²) in [6.45, 7) is 5.70. The molecule has 33 heavy (non-hydrogen) atoms. The van der Waals surface area contributed by atoms with E-state index in [-0.39, 0.29) is 22.9 Å². The van der Waals surface area contributed by atoms with Crippen LogP contribution in [0.2, 0.25) is 0 Å². The topological polar surface area (TPSA) is 82.9 Å². The maximum absolute atomic E-state index is 13.4. The van der Waals surface area contributed by atoms with E-state index in [0.717, 1.165) is 17.5 Å². The normalized spacial score (nSPS) is 16.0. The molecule has 0 aromatic heterocycles. The minimum Gasteiger partial charge on any atom is -0.377 e. The molecule has 1 aliphatic rings. The van der Waals surface area contributed by atoms with Gasteiger partial charge in [0.05, 0.1) is 11.4 Å². The summed E-state index contributed by atoms with van der Waals surface area (Å²) in [6, 6.07) is 24.1. The van der Waals surface area contributed by atoms with Crippen molar-refractivity contribution >= 4 is 28.8 Å². The number of benzene rings is 3. The van der Waals surface area contributed by atoms with E-state index in [0.29, 0.717) is 22.6 Å². The number of Topliss-reactive ketones (excluding diaryl/α,β-unsaturated/α-hetero) is 1. The van der Waals surface area contributed by atoms with Crippen molar-refractivity contribution < 1.29 is 9.59 Å². The predicted molar refractivity (Wildman–Crippen MR) is 130 cm³/mol. The first-order valence-corrected chi connectivity index (χ1v) is 10.8. The van der Waals surface area contributed by atoms with Gasteiger partial charge in [-0.25, -0.2) is 0 Å². The molecule has 1 aliphatic heterocycles. The standard InChI is InChI=1S/C27H26N4O2/c1-18(32)19-13-15-22(16-14-19)30-31-25(26(33)28-21-10-5-4-6-11-21)24-23-12-8-7-9-20(23)17-27(2,3)29-24/h4-16,29H,17H2,1-3H3,(H,28,33)/b25-24+,31-30+. The van der Waals surface area contributed by atoms with Crippen LogP contribution in [0.1, 0.15) is 42.3 Å². The van der Waals surface area contributed by atoms with E-state index in [1.165, 1.54) is 6.92 Å². The SMILES string of the molecule is CC(=O)c1ccc(/N=N/C(C(=O)Nc2ccccc2)=C2/NC(C)(C)Cc3ccccc32)cc1. The Balaban J connectivity index is 1.79. The minimum atomic E-state index is -0.361. The molecule has 1 amide bonds. The molecule has 4 rings (SSSR count). The average Bonchev–Trinajstić information content (AvgIpc) is 2.79. The second-order valence-electron chi connectivity index (χ2n) is 8.69. The zero-order valence-corrected chi connectivity index (χ0v) is 18.9. The molecule has 166 valence electrons. The van der Waals surface area contributed by atoms with E-state index in [2.05, 4.69) is 40.8 Å². The number of nitrogens with zero attached hydrogens (tertiary/aromatic N) is 2. The van der Waals surface area contributed by atoms with Gasteiger partial charge in [0, 0.05) is 22.4 Å². The van der Waals surface area contributed by atoms with Crippen molar-refractivity contribution in [1.29, 1.82) is 0 Å². The van der Waals surface area contributed by atoms with Crippen molar-refractivity contribution in [3.8, 4) is 0 Å². The zero-order valence-electron chi connectivity index (χ0n) is 18.9. The number of hydrogen-bond acceptors (Lipinski definition) is 5. The molecule has 0 aliphatic carbocycles. The number of ketones is 1. The third kappa shape index (κ3) is 5.23. The van der Waals surface area contributed by atoms with Crippen LogP contribution in [0.25, 0.3) is 5.70 Å². The highest BCUT2D eigenvalue weighted by Gasteiger charge is 2.31. The second-order valence-corrected chi connectivity index (χ2v) is 8.69. The molecule has 0 unspecified atom stereocenters. The van der Waals surface area contributed by atoms with E-state index in [4.69, 9.17) is 0 Å². The Kier molecular flexibility index (Phi) is 6.18. The van der Waals surface area contributed by atoms with Crippen LogP contribution in [0.3, 0.4) is 0 Å². The summed E-state index contributed by atoms with van der Waals surface area (Å²) < 4.78 is 0. The Hall–Kier alpha value is -4.06. The number of rotatable bonds is 5. The molecule has 0 saturated carbocycles. The van der Waals surface area contributed by atoms with E-state index in [1.54, 1.807) is 24.3 Å². The lowest BCUT2D eigenvalue weighted by molar-refractivity contribution is -0.112. The fraction of sp³-hybridized carbons (Fsp3) is 0.185. The molecule has 3 aromatic rings. The zero-order chi connectivity index (χ0) is 23.4. The summed E-state index contributed by atoms with van der Waals surface area (Å²) in [5.74, 6) is -0.380. The molecule has 6 nitrogen and oxygen atoms in total. The quantitative estimate of drug-likeness (QED) is 0.295. The highest BCUT2D eigenvalue weighted by Crippen LogP contribution is 2.32. The number of carbonyl (C=O) groups is 2. The summed E-state index contributed by atoms with van der Waals surface area (Å²) in [6.07, 6.45) is 0.823. The van der Waals surface area contributed by atoms with Crippen molar-refractivity contribution in [2.24, 2.45) is 10.2 Å². The Morgan fingerprint density at radius 3 is 2.27 bits per heavy atom. The number of amides is 1. The first-order chi connectivity index (χ1) is 15.8. The van der Waals surface area contributed by atoms with E-state index >= 15 is 0 Å². The second kappa shape index (κ2) is 9.20. The van der Waals surface area contributed by atoms with Crippen molar-refractivity contribution in [1.82, 2.24) is 5.32 Å². The van der Waals surface area contributed by atoms with Crippen LogP contribution < -0.4 is 10.6 Å². The molecular formula is C27H26N4O2. The molecule has 2 N–H and O–H groups in total. The lowest BCUT2D eigenvalue weighted by Gasteiger charge is -2.36. The Morgan fingerprint density at radius 2 is 1.58 bits per heavy atom. The number of azo groups is 1. The highest BCUT2D eigenvalue weighted by molar-refractivity contribution is 6.08. The molecule has 0 radical (unpaired) electrons. The van der Waals surface area contributed by atoms with Crippen LogP contribution in [0.15, 0.2) is 94.8 Å². The van der Waals surface area contributed by atoms with Gasteiger partial charge in [-0.1, -0.05) is 42.5 Å². The lowest BCUT2D eigenvalue weighted by atomic mass is 9.85. The molecule has 0 atom stereocenters. The van der Waals surface area contributed by atoms with Gasteiger partial charge in [0.2, 0.25) is 0 Å². The first-order valence-electron chi connectivity index (χ1n) is 10.8. The first kappa shape index (κ1) is 22.1. The Bertz CT molecular complexity index is 1240. The van der Waals surface area contributed by atoms with Crippen LogP contribution in [-0.2, 0) is 11.2 Å². The van der Waals surface area contributed by atoms with Crippen molar-refractivity contribution in [3.63, 3.8) is 0 Å². The summed E-state index contributed by atoms with van der Waals surface area (Å²) in [5.41, 5.74) is 4.45. The lowest BCUT2D eigenvalue weighted by Crippen LogP contribution is -2.44. The van der Waals surface area contributed by atoms with Gasteiger partial charge in [0.15, 0.2) is 11.5 Å². The number of anilines is 1. The maximum atomic E-state index is 13.4. The Labute approximate surface area is 193 Å². The minimum absolute atomic E-state index is 0.0196. The van der Waals surface area contributed by atoms with E-state index in [9.17, 15) is 9.59 Å². The van der Waals surface area contributed by atoms with E-state index < -0.39 is 0 Å². The Morgan fingerprint density at radius 1 is 0.909 bits per heavy atom. The van der Waals surface area contributed by atoms with Crippen molar-refractivity contribution in [2.45, 2.75) is 32.7 Å². The van der Waals surface area contributed by atoms with Crippen LogP contribution in [0, 0.1) is 0 Å². The van der Waals surface area contributed by atoms with Gasteiger partial charge in [-0.05, 0) is 69.2 Å². The number of carbonyl (C=O) groups excluding carboxylic acids is 2. The van der Waals surface area contributed by atoms with Gasteiger partial charge in [0.25, 0.3) is 5.91 Å². The maximum Gasteiger partial charge on any atom is 0.278 e. The summed E-state index contributed by atoms with van der Waals surface area (Å²) in [7, 11) is 0. The van der Waals surface area contributed by atoms with Crippen LogP contribution in [-0.4, -0.2) is 17.2 Å². The summed E-state index contributed by atoms with van der Waals surface area (Å²) in [4.78, 5) is 24.9. The molecular weight excluding hydrogens is 412 g/mol. The van der Waals surface area contributed by atoms with Crippen molar-refractivity contribution in [2.75, 3.05) is 5.32 Å². The number of para-hydroxylation sites is 1. The molecule has 0 saturated heterocycles. The van der Waals surface area contributed by atoms with Gasteiger partial charge in [-0.15, -0.1) is 5.11 Å². The smallest absolute Gasteiger partial charge is 0.278 e. The fourth-order valence-electron chi connectivity index (χ4n) is 3.82. The summed E-state index contributed by atoms with van der Waals surface area (Å²) >= 11 is 0. The van der Waals surface area contributed by atoms with Crippen LogP contribution in [0.5, 0.6) is 0 Å². The summed E-state index contributed by atoms with van der Waals surface area (Å²) in [5, 5.41) is 15.1. The molecule has 0 bridgehead atoms. The van der Waals surface area contributed by atoms with Gasteiger partial charge in [-0.2, -0.15) is 5.11 Å². The van der Waals surface area contributed by atoms with Gasteiger partial charge in [0.1, 0.15) is 0 Å². The van der Waals surface area contributed by atoms with Gasteiger partial charge in [-0.3, -0.25) is 9.59 Å². The fourth-order valence-corrected chi connectivity index (χ4v) is 3.82. The van der Waals surface area contributed by atoms with E-state index in [1.807, 2.05) is 48.5 Å². The molecule has 3 aromatic carbocycles. The largest absolute Gasteiger partial charge is 0.377 e. The van der Waals surface area contributed by atoms with Crippen molar-refractivity contribution in [3.05, 3.63) is 101 Å². The number of fused-ring (bicyclic) bond motifs is 1. The third-order valence-electron chi connectivity index (χ3n) is 5.41.